The molecule has 1 aromatic carbocycles. The first-order valence-electron chi connectivity index (χ1n) is 9.05. The van der Waals surface area contributed by atoms with Gasteiger partial charge < -0.3 is 20.9 Å². The van der Waals surface area contributed by atoms with Crippen LogP contribution in [0.3, 0.4) is 0 Å². The summed E-state index contributed by atoms with van der Waals surface area (Å²) >= 11 is 6.22. The van der Waals surface area contributed by atoms with E-state index in [2.05, 4.69) is 25.4 Å². The molecule has 0 bridgehead atoms. The third kappa shape index (κ3) is 3.56. The Morgan fingerprint density at radius 3 is 2.81 bits per heavy atom. The van der Waals surface area contributed by atoms with E-state index in [1.165, 1.54) is 24.0 Å². The number of nitrogens with zero attached hydrogens (tertiary/aromatic N) is 6. The smallest absolute Gasteiger partial charge is 0.162 e. The van der Waals surface area contributed by atoms with E-state index >= 15 is 0 Å². The Kier molecular flexibility index (Phi) is 5.06. The predicted molar refractivity (Wildman–Crippen MR) is 114 cm³/mol. The highest BCUT2D eigenvalue weighted by atomic mass is 35.5. The maximum Gasteiger partial charge on any atom is 0.162 e. The van der Waals surface area contributed by atoms with Crippen molar-refractivity contribution in [3.8, 4) is 23.1 Å². The number of imidazole rings is 1. The molecule has 1 atom stereocenters. The summed E-state index contributed by atoms with van der Waals surface area (Å²) in [7, 11) is 1.54. The average Bonchev–Trinajstić information content (AvgIpc) is 3.13. The minimum Gasteiger partial charge on any atom is -0.496 e. The number of methoxy groups -OCH3 is 1. The lowest BCUT2D eigenvalue weighted by molar-refractivity contribution is 0.0884. The Balaban J connectivity index is 1.94. The predicted octanol–water partition coefficient (Wildman–Crippen LogP) is 2.58. The van der Waals surface area contributed by atoms with Crippen LogP contribution in [0.2, 0.25) is 5.15 Å². The molecule has 0 fully saturated rings. The van der Waals surface area contributed by atoms with E-state index in [0.29, 0.717) is 33.4 Å². The number of fused-ring (bicyclic) bond motifs is 1. The first-order valence-corrected chi connectivity index (χ1v) is 9.42. The van der Waals surface area contributed by atoms with Gasteiger partial charge in [0.25, 0.3) is 0 Å². The maximum absolute atomic E-state index is 11.4. The van der Waals surface area contributed by atoms with Gasteiger partial charge in [-0.25, -0.2) is 19.5 Å². The Morgan fingerprint density at radius 1 is 1.29 bits per heavy atom. The molecule has 156 valence electrons. The number of halogens is 1. The zero-order chi connectivity index (χ0) is 22.2. The van der Waals surface area contributed by atoms with E-state index in [0.717, 1.165) is 0 Å². The van der Waals surface area contributed by atoms with Crippen molar-refractivity contribution in [2.75, 3.05) is 18.2 Å². The van der Waals surface area contributed by atoms with Gasteiger partial charge in [-0.2, -0.15) is 10.4 Å². The van der Waals surface area contributed by atoms with Gasteiger partial charge >= 0.3 is 0 Å². The third-order valence-electron chi connectivity index (χ3n) is 4.69. The third-order valence-corrected chi connectivity index (χ3v) is 4.95. The number of rotatable bonds is 5. The maximum atomic E-state index is 11.4. The van der Waals surface area contributed by atoms with Gasteiger partial charge in [-0.05, 0) is 25.1 Å². The van der Waals surface area contributed by atoms with Crippen molar-refractivity contribution in [3.05, 3.63) is 59.1 Å². The number of hydrogen-bond donors (Lipinski definition) is 3. The normalized spacial score (nSPS) is 12.9. The van der Waals surface area contributed by atoms with Crippen molar-refractivity contribution < 1.29 is 9.84 Å². The number of nitriles is 1. The lowest BCUT2D eigenvalue weighted by Crippen LogP contribution is -2.33. The van der Waals surface area contributed by atoms with E-state index in [1.807, 2.05) is 18.2 Å². The highest BCUT2D eigenvalue weighted by Crippen LogP contribution is 2.37. The van der Waals surface area contributed by atoms with Gasteiger partial charge in [-0.1, -0.05) is 23.7 Å². The number of aromatic nitrogens is 5. The van der Waals surface area contributed by atoms with Gasteiger partial charge in [-0.15, -0.1) is 0 Å². The second-order valence-corrected chi connectivity index (χ2v) is 7.14. The van der Waals surface area contributed by atoms with Crippen molar-refractivity contribution in [1.82, 2.24) is 24.6 Å². The molecule has 4 N–H and O–H groups in total. The van der Waals surface area contributed by atoms with Crippen LogP contribution >= 0.6 is 11.6 Å². The Labute approximate surface area is 181 Å². The molecule has 0 saturated heterocycles. The quantitative estimate of drug-likeness (QED) is 0.401. The van der Waals surface area contributed by atoms with Crippen LogP contribution in [0.25, 0.3) is 16.9 Å². The number of anilines is 2. The standard InChI is InChI=1S/C20H17ClN8O2/c1-20(30,27-19-12(8-22)18(23)25-10-26-19)13-7-16-24-9-15(21)29(16)28-17(13)11-5-3-4-6-14(11)31-2/h3-7,9-10,30H,1-2H3,(H3,23,25,26,27)/t20-/m0/s1. The summed E-state index contributed by atoms with van der Waals surface area (Å²) in [6, 6.07) is 10.8. The molecule has 0 radical (unpaired) electrons. The fourth-order valence-electron chi connectivity index (χ4n) is 3.20. The van der Waals surface area contributed by atoms with Crippen molar-refractivity contribution >= 4 is 28.9 Å². The van der Waals surface area contributed by atoms with Crippen LogP contribution in [-0.4, -0.2) is 36.8 Å². The van der Waals surface area contributed by atoms with E-state index in [1.54, 1.807) is 25.3 Å². The number of ether oxygens (including phenoxy) is 1. The van der Waals surface area contributed by atoms with Crippen LogP contribution in [0.4, 0.5) is 11.6 Å². The van der Waals surface area contributed by atoms with Gasteiger partial charge in [0, 0.05) is 11.1 Å². The first-order chi connectivity index (χ1) is 14.9. The topological polar surface area (TPSA) is 147 Å². The first kappa shape index (κ1) is 20.3. The second-order valence-electron chi connectivity index (χ2n) is 6.75. The minimum atomic E-state index is -1.74. The van der Waals surface area contributed by atoms with E-state index in [-0.39, 0.29) is 17.2 Å². The minimum absolute atomic E-state index is 0.00522. The van der Waals surface area contributed by atoms with Crippen molar-refractivity contribution in [3.63, 3.8) is 0 Å². The summed E-state index contributed by atoms with van der Waals surface area (Å²) < 4.78 is 6.93. The number of nitrogen functional groups attached to an aromatic ring is 1. The van der Waals surface area contributed by atoms with Crippen molar-refractivity contribution in [2.45, 2.75) is 12.6 Å². The van der Waals surface area contributed by atoms with Crippen LogP contribution in [-0.2, 0) is 5.72 Å². The summed E-state index contributed by atoms with van der Waals surface area (Å²) in [6.07, 6.45) is 2.66. The van der Waals surface area contributed by atoms with Crippen molar-refractivity contribution in [2.24, 2.45) is 0 Å². The molecule has 4 rings (SSSR count). The van der Waals surface area contributed by atoms with Gasteiger partial charge in [0.05, 0.1) is 13.3 Å². The number of aliphatic hydroxyl groups is 1. The largest absolute Gasteiger partial charge is 0.496 e. The number of nitrogens with one attached hydrogen (secondary N) is 1. The molecular formula is C20H17ClN8O2. The zero-order valence-corrected chi connectivity index (χ0v) is 17.3. The molecular weight excluding hydrogens is 420 g/mol. The lowest BCUT2D eigenvalue weighted by Gasteiger charge is -2.28. The molecule has 0 unspecified atom stereocenters. The summed E-state index contributed by atoms with van der Waals surface area (Å²) in [5.74, 6) is 0.619. The van der Waals surface area contributed by atoms with Crippen LogP contribution in [0.5, 0.6) is 5.75 Å². The number of hydrogen-bond acceptors (Lipinski definition) is 9. The molecule has 3 heterocycles. The van der Waals surface area contributed by atoms with Gasteiger partial charge in [-0.3, -0.25) is 0 Å². The summed E-state index contributed by atoms with van der Waals surface area (Å²) in [4.78, 5) is 12.1. The Morgan fingerprint density at radius 2 is 2.06 bits per heavy atom. The second kappa shape index (κ2) is 7.71. The molecule has 0 amide bonds. The van der Waals surface area contributed by atoms with E-state index < -0.39 is 5.72 Å². The molecule has 31 heavy (non-hydrogen) atoms. The van der Waals surface area contributed by atoms with Gasteiger partial charge in [0.2, 0.25) is 0 Å². The summed E-state index contributed by atoms with van der Waals surface area (Å²) in [6.45, 7) is 1.50. The molecule has 4 aromatic rings. The lowest BCUT2D eigenvalue weighted by atomic mass is 9.97. The number of benzene rings is 1. The van der Waals surface area contributed by atoms with Crippen LogP contribution in [0.1, 0.15) is 18.1 Å². The summed E-state index contributed by atoms with van der Waals surface area (Å²) in [5.41, 5.74) is 5.83. The summed E-state index contributed by atoms with van der Waals surface area (Å²) in [5, 5.41) is 28.6. The fraction of sp³-hybridized carbons (Fsp3) is 0.150. The molecule has 3 aromatic heterocycles. The van der Waals surface area contributed by atoms with E-state index in [4.69, 9.17) is 22.1 Å². The van der Waals surface area contributed by atoms with Gasteiger partial charge in [0.15, 0.2) is 22.3 Å². The molecule has 10 nitrogen and oxygen atoms in total. The average molecular weight is 437 g/mol. The highest BCUT2D eigenvalue weighted by Gasteiger charge is 2.31. The Hall–Kier alpha value is -3.94. The van der Waals surface area contributed by atoms with E-state index in [9.17, 15) is 10.4 Å². The van der Waals surface area contributed by atoms with Crippen LogP contribution in [0.15, 0.2) is 42.9 Å². The number of para-hydroxylation sites is 1. The molecule has 0 aliphatic heterocycles. The number of nitrogens with two attached hydrogens (primary N) is 1. The molecule has 0 aliphatic rings. The molecule has 11 heteroatoms. The van der Waals surface area contributed by atoms with Crippen molar-refractivity contribution in [1.29, 1.82) is 5.26 Å². The van der Waals surface area contributed by atoms with Crippen LogP contribution < -0.4 is 15.8 Å². The molecule has 0 saturated carbocycles. The van der Waals surface area contributed by atoms with Gasteiger partial charge in [0.1, 0.15) is 35.2 Å². The molecule has 0 aliphatic carbocycles. The SMILES string of the molecule is COc1ccccc1-c1nn2c(Cl)cnc2cc1[C@](C)(O)Nc1ncnc(N)c1C#N. The molecule has 0 spiro atoms. The zero-order valence-electron chi connectivity index (χ0n) is 16.5. The fourth-order valence-corrected chi connectivity index (χ4v) is 3.37. The highest BCUT2D eigenvalue weighted by molar-refractivity contribution is 6.29. The Bertz CT molecular complexity index is 1330. The monoisotopic (exact) mass is 436 g/mol. The van der Waals surface area contributed by atoms with Crippen LogP contribution in [0, 0.1) is 11.3 Å².